The SMILES string of the molecule is CC(C)=C(C(N)=Nc1ccc(N)c(C=N)c1)C1=C(C)CC(C(=O)N(C)C)CC1. The Balaban J connectivity index is 2.38. The van der Waals surface area contributed by atoms with Gasteiger partial charge in [-0.15, -0.1) is 0 Å². The number of nitrogens with two attached hydrogens (primary N) is 2. The van der Waals surface area contributed by atoms with Gasteiger partial charge in [-0.05, 0) is 63.8 Å². The molecule has 1 aromatic rings. The Kier molecular flexibility index (Phi) is 6.78. The summed E-state index contributed by atoms with van der Waals surface area (Å²) >= 11 is 0. The lowest BCUT2D eigenvalue weighted by molar-refractivity contribution is -0.133. The van der Waals surface area contributed by atoms with Gasteiger partial charge in [0.15, 0.2) is 0 Å². The highest BCUT2D eigenvalue weighted by Crippen LogP contribution is 2.35. The predicted octanol–water partition coefficient (Wildman–Crippen LogP) is 3.80. The van der Waals surface area contributed by atoms with Gasteiger partial charge < -0.3 is 21.8 Å². The van der Waals surface area contributed by atoms with Crippen LogP contribution in [0.1, 0.15) is 45.6 Å². The van der Waals surface area contributed by atoms with Crippen molar-refractivity contribution >= 4 is 29.3 Å². The minimum Gasteiger partial charge on any atom is -0.398 e. The molecule has 1 aliphatic rings. The Morgan fingerprint density at radius 2 is 2.00 bits per heavy atom. The number of hydrogen-bond acceptors (Lipinski definition) is 4. The standard InChI is InChI=1S/C22H31N5O/c1-13(2)20(18-8-6-15(10-14(18)3)22(28)27(4)5)21(25)26-17-7-9-19(24)16(11-17)12-23/h7,9,11-12,15,23H,6,8,10,24H2,1-5H3,(H2,25,26). The fraction of sp³-hybridized carbons (Fsp3) is 0.409. The van der Waals surface area contributed by atoms with Gasteiger partial charge in [0.2, 0.25) is 5.91 Å². The normalized spacial score (nSPS) is 17.3. The summed E-state index contributed by atoms with van der Waals surface area (Å²) in [5, 5.41) is 7.45. The van der Waals surface area contributed by atoms with Crippen molar-refractivity contribution in [3.05, 3.63) is 46.1 Å². The predicted molar refractivity (Wildman–Crippen MR) is 117 cm³/mol. The summed E-state index contributed by atoms with van der Waals surface area (Å²) in [7, 11) is 3.61. The van der Waals surface area contributed by atoms with Gasteiger partial charge in [0.25, 0.3) is 0 Å². The Bertz CT molecular complexity index is 873. The average molecular weight is 382 g/mol. The molecule has 1 unspecified atom stereocenters. The van der Waals surface area contributed by atoms with E-state index in [0.29, 0.717) is 22.8 Å². The molecule has 1 amide bonds. The molecule has 2 rings (SSSR count). The average Bonchev–Trinajstić information content (AvgIpc) is 2.63. The molecule has 0 fully saturated rings. The second-order valence-corrected chi connectivity index (χ2v) is 7.76. The van der Waals surface area contributed by atoms with Gasteiger partial charge in [-0.25, -0.2) is 4.99 Å². The number of nitrogens with one attached hydrogen (secondary N) is 1. The minimum atomic E-state index is 0.0302. The molecule has 0 bridgehead atoms. The van der Waals surface area contributed by atoms with Crippen LogP contribution < -0.4 is 11.5 Å². The van der Waals surface area contributed by atoms with Crippen molar-refractivity contribution < 1.29 is 4.79 Å². The van der Waals surface area contributed by atoms with Crippen molar-refractivity contribution in [1.29, 1.82) is 5.41 Å². The van der Waals surface area contributed by atoms with E-state index < -0.39 is 0 Å². The van der Waals surface area contributed by atoms with E-state index in [2.05, 4.69) is 11.9 Å². The summed E-state index contributed by atoms with van der Waals surface area (Å²) in [4.78, 5) is 18.6. The third-order valence-electron chi connectivity index (χ3n) is 5.13. The summed E-state index contributed by atoms with van der Waals surface area (Å²) in [6.45, 7) is 6.14. The fourth-order valence-corrected chi connectivity index (χ4v) is 3.71. The van der Waals surface area contributed by atoms with E-state index in [4.69, 9.17) is 16.9 Å². The molecule has 1 aliphatic carbocycles. The third-order valence-corrected chi connectivity index (χ3v) is 5.13. The molecule has 0 aromatic heterocycles. The van der Waals surface area contributed by atoms with Crippen molar-refractivity contribution in [3.63, 3.8) is 0 Å². The highest BCUT2D eigenvalue weighted by molar-refractivity contribution is 6.03. The van der Waals surface area contributed by atoms with E-state index in [-0.39, 0.29) is 11.8 Å². The van der Waals surface area contributed by atoms with Crippen molar-refractivity contribution in [2.75, 3.05) is 19.8 Å². The van der Waals surface area contributed by atoms with Gasteiger partial charge in [-0.3, -0.25) is 4.79 Å². The highest BCUT2D eigenvalue weighted by atomic mass is 16.2. The first kappa shape index (κ1) is 21.4. The van der Waals surface area contributed by atoms with Crippen LogP contribution in [0.15, 0.2) is 45.5 Å². The summed E-state index contributed by atoms with van der Waals surface area (Å²) in [5.74, 6) is 0.662. The van der Waals surface area contributed by atoms with Gasteiger partial charge in [-0.1, -0.05) is 11.1 Å². The van der Waals surface area contributed by atoms with Crippen molar-refractivity contribution in [3.8, 4) is 0 Å². The monoisotopic (exact) mass is 381 g/mol. The van der Waals surface area contributed by atoms with Crippen LogP contribution in [0.3, 0.4) is 0 Å². The molecule has 6 heteroatoms. The number of nitrogens with zero attached hydrogens (tertiary/aromatic N) is 2. The van der Waals surface area contributed by atoms with Crippen molar-refractivity contribution in [2.24, 2.45) is 16.6 Å². The largest absolute Gasteiger partial charge is 0.398 e. The molecule has 0 heterocycles. The molecule has 6 nitrogen and oxygen atoms in total. The van der Waals surface area contributed by atoms with Gasteiger partial charge >= 0.3 is 0 Å². The number of benzene rings is 1. The zero-order chi connectivity index (χ0) is 21.0. The van der Waals surface area contributed by atoms with Crippen LogP contribution in [0.5, 0.6) is 0 Å². The lowest BCUT2D eigenvalue weighted by Crippen LogP contribution is -2.32. The minimum absolute atomic E-state index is 0.0302. The van der Waals surface area contributed by atoms with Crippen LogP contribution in [0, 0.1) is 11.3 Å². The molecular formula is C22H31N5O. The lowest BCUT2D eigenvalue weighted by atomic mass is 9.80. The van der Waals surface area contributed by atoms with Crippen LogP contribution in [-0.4, -0.2) is 37.0 Å². The van der Waals surface area contributed by atoms with Crippen molar-refractivity contribution in [1.82, 2.24) is 4.90 Å². The van der Waals surface area contributed by atoms with Crippen LogP contribution in [0.25, 0.3) is 0 Å². The molecule has 28 heavy (non-hydrogen) atoms. The fourth-order valence-electron chi connectivity index (χ4n) is 3.71. The summed E-state index contributed by atoms with van der Waals surface area (Å²) in [6, 6.07) is 5.29. The molecule has 0 spiro atoms. The maximum atomic E-state index is 12.3. The van der Waals surface area contributed by atoms with Crippen LogP contribution >= 0.6 is 0 Å². The number of anilines is 1. The molecule has 0 saturated heterocycles. The number of hydrogen-bond donors (Lipinski definition) is 3. The molecular weight excluding hydrogens is 350 g/mol. The summed E-state index contributed by atoms with van der Waals surface area (Å²) < 4.78 is 0. The van der Waals surface area contributed by atoms with Gasteiger partial charge in [-0.2, -0.15) is 0 Å². The maximum Gasteiger partial charge on any atom is 0.225 e. The first-order valence-corrected chi connectivity index (χ1v) is 9.47. The Morgan fingerprint density at radius 1 is 1.32 bits per heavy atom. The number of rotatable bonds is 5. The number of carbonyl (C=O) groups excluding carboxylic acids is 1. The number of amides is 1. The molecule has 0 aliphatic heterocycles. The van der Waals surface area contributed by atoms with Gasteiger partial charge in [0.1, 0.15) is 5.84 Å². The Hall–Kier alpha value is -2.89. The van der Waals surface area contributed by atoms with Gasteiger partial charge in [0, 0.05) is 43.1 Å². The maximum absolute atomic E-state index is 12.3. The molecule has 1 atom stereocenters. The second kappa shape index (κ2) is 8.87. The molecule has 0 saturated carbocycles. The first-order chi connectivity index (χ1) is 13.1. The van der Waals surface area contributed by atoms with E-state index in [9.17, 15) is 4.79 Å². The van der Waals surface area contributed by atoms with Crippen molar-refractivity contribution in [2.45, 2.75) is 40.0 Å². The molecule has 1 aromatic carbocycles. The smallest absolute Gasteiger partial charge is 0.225 e. The highest BCUT2D eigenvalue weighted by Gasteiger charge is 2.28. The van der Waals surface area contributed by atoms with Gasteiger partial charge in [0.05, 0.1) is 5.69 Å². The first-order valence-electron chi connectivity index (χ1n) is 9.47. The van der Waals surface area contributed by atoms with Crippen LogP contribution in [-0.2, 0) is 4.79 Å². The zero-order valence-electron chi connectivity index (χ0n) is 17.5. The third kappa shape index (κ3) is 4.68. The van der Waals surface area contributed by atoms with E-state index >= 15 is 0 Å². The van der Waals surface area contributed by atoms with E-state index in [1.807, 2.05) is 13.8 Å². The Morgan fingerprint density at radius 3 is 2.54 bits per heavy atom. The van der Waals surface area contributed by atoms with E-state index in [1.165, 1.54) is 17.4 Å². The number of nitrogen functional groups attached to an aromatic ring is 1. The topological polar surface area (TPSA) is 109 Å². The Labute approximate surface area is 167 Å². The summed E-state index contributed by atoms with van der Waals surface area (Å²) in [5.41, 5.74) is 18.5. The van der Waals surface area contributed by atoms with Crippen LogP contribution in [0.4, 0.5) is 11.4 Å². The molecule has 0 radical (unpaired) electrons. The molecule has 150 valence electrons. The number of allylic oxidation sites excluding steroid dienone is 2. The quantitative estimate of drug-likeness (QED) is 0.410. The molecule has 5 N–H and O–H groups in total. The lowest BCUT2D eigenvalue weighted by Gasteiger charge is -2.28. The number of aliphatic imine (C=N–C) groups is 1. The number of amidine groups is 1. The van der Waals surface area contributed by atoms with Crippen LogP contribution in [0.2, 0.25) is 0 Å². The number of carbonyl (C=O) groups is 1. The second-order valence-electron chi connectivity index (χ2n) is 7.76. The van der Waals surface area contributed by atoms with E-state index in [1.54, 1.807) is 37.2 Å². The zero-order valence-corrected chi connectivity index (χ0v) is 17.5. The summed E-state index contributed by atoms with van der Waals surface area (Å²) in [6.07, 6.45) is 3.58. The van der Waals surface area contributed by atoms with E-state index in [0.717, 1.165) is 30.4 Å².